The molecule has 2 aromatic carbocycles. The Kier molecular flexibility index (Phi) is 4.62. The van der Waals surface area contributed by atoms with Crippen LogP contribution in [0.4, 0.5) is 4.39 Å². The molecule has 7 heteroatoms. The Labute approximate surface area is 151 Å². The largest absolute Gasteiger partial charge is 0.361 e. The Hall–Kier alpha value is -1.89. The van der Waals surface area contributed by atoms with Crippen molar-refractivity contribution in [3.8, 4) is 0 Å². The Morgan fingerprint density at radius 3 is 2.64 bits per heavy atom. The molecule has 0 aliphatic carbocycles. The second-order valence-corrected chi connectivity index (χ2v) is 8.67. The van der Waals surface area contributed by atoms with Crippen LogP contribution in [-0.4, -0.2) is 19.9 Å². The van der Waals surface area contributed by atoms with Crippen LogP contribution >= 0.6 is 11.6 Å². The molecule has 132 valence electrons. The summed E-state index contributed by atoms with van der Waals surface area (Å²) in [5, 5.41) is 1.04. The van der Waals surface area contributed by atoms with Gasteiger partial charge in [0.1, 0.15) is 10.7 Å². The Morgan fingerprint density at radius 1 is 1.20 bits per heavy atom. The molecule has 0 saturated carbocycles. The van der Waals surface area contributed by atoms with Gasteiger partial charge in [0, 0.05) is 29.1 Å². The maximum atomic E-state index is 13.3. The molecule has 3 aromatic rings. The second-order valence-electron chi connectivity index (χ2n) is 6.53. The summed E-state index contributed by atoms with van der Waals surface area (Å²) in [5.41, 5.74) is 1.08. The van der Waals surface area contributed by atoms with Gasteiger partial charge in [-0.3, -0.25) is 0 Å². The summed E-state index contributed by atoms with van der Waals surface area (Å²) in [6.07, 6.45) is 1.79. The van der Waals surface area contributed by atoms with Crippen molar-refractivity contribution in [2.75, 3.05) is 6.54 Å². The topological polar surface area (TPSA) is 62.0 Å². The molecule has 0 unspecified atom stereocenters. The van der Waals surface area contributed by atoms with Gasteiger partial charge in [0.05, 0.1) is 5.02 Å². The normalized spacial score (nSPS) is 12.6. The summed E-state index contributed by atoms with van der Waals surface area (Å²) in [7, 11) is -3.73. The lowest BCUT2D eigenvalue weighted by molar-refractivity contribution is 0.504. The van der Waals surface area contributed by atoms with Crippen molar-refractivity contribution in [2.45, 2.75) is 24.2 Å². The predicted molar refractivity (Wildman–Crippen MR) is 97.9 cm³/mol. The van der Waals surface area contributed by atoms with Gasteiger partial charge >= 0.3 is 0 Å². The summed E-state index contributed by atoms with van der Waals surface area (Å²) in [6.45, 7) is 4.02. The van der Waals surface area contributed by atoms with E-state index in [0.29, 0.717) is 5.52 Å². The average Bonchev–Trinajstić information content (AvgIpc) is 2.97. The highest BCUT2D eigenvalue weighted by atomic mass is 35.5. The zero-order chi connectivity index (χ0) is 18.2. The standard InChI is InChI=1S/C18H18ClFN2O2S/c1-18(2,14-10-21-16-9-12(20)7-8-13(14)16)11-22-25(23,24)17-6-4-3-5-15(17)19/h3-10,21-22H,11H2,1-2H3. The number of aromatic nitrogens is 1. The van der Waals surface area contributed by atoms with E-state index in [1.807, 2.05) is 13.8 Å². The molecule has 1 aromatic heterocycles. The molecular formula is C18H18ClFN2O2S. The molecule has 0 fully saturated rings. The van der Waals surface area contributed by atoms with E-state index in [1.54, 1.807) is 24.4 Å². The van der Waals surface area contributed by atoms with Crippen LogP contribution < -0.4 is 4.72 Å². The van der Waals surface area contributed by atoms with Gasteiger partial charge in [-0.05, 0) is 35.9 Å². The smallest absolute Gasteiger partial charge is 0.242 e. The molecule has 0 spiro atoms. The van der Waals surface area contributed by atoms with Crippen molar-refractivity contribution in [1.82, 2.24) is 9.71 Å². The van der Waals surface area contributed by atoms with Crippen LogP contribution in [0.3, 0.4) is 0 Å². The molecule has 0 aliphatic heterocycles. The third-order valence-corrected chi connectivity index (χ3v) is 6.10. The molecular weight excluding hydrogens is 363 g/mol. The van der Waals surface area contributed by atoms with E-state index in [0.717, 1.165) is 10.9 Å². The number of rotatable bonds is 5. The first-order chi connectivity index (χ1) is 11.7. The Bertz CT molecular complexity index is 1030. The van der Waals surface area contributed by atoms with Gasteiger partial charge in [-0.15, -0.1) is 0 Å². The van der Waals surface area contributed by atoms with Gasteiger partial charge < -0.3 is 4.98 Å². The van der Waals surface area contributed by atoms with Crippen molar-refractivity contribution in [3.05, 3.63) is 65.1 Å². The minimum absolute atomic E-state index is 0.0495. The first-order valence-corrected chi connectivity index (χ1v) is 9.58. The van der Waals surface area contributed by atoms with E-state index in [9.17, 15) is 12.8 Å². The quantitative estimate of drug-likeness (QED) is 0.696. The highest BCUT2D eigenvalue weighted by Gasteiger charge is 2.27. The van der Waals surface area contributed by atoms with Crippen molar-refractivity contribution in [1.29, 1.82) is 0 Å². The maximum absolute atomic E-state index is 13.3. The highest BCUT2D eigenvalue weighted by Crippen LogP contribution is 2.31. The van der Waals surface area contributed by atoms with Gasteiger partial charge in [0.15, 0.2) is 0 Å². The molecule has 2 N–H and O–H groups in total. The number of halogens is 2. The summed E-state index contributed by atoms with van der Waals surface area (Å²) in [4.78, 5) is 3.08. The number of H-pyrrole nitrogens is 1. The Balaban J connectivity index is 1.87. The summed E-state index contributed by atoms with van der Waals surface area (Å²) < 4.78 is 41.0. The number of aromatic amines is 1. The van der Waals surface area contributed by atoms with E-state index >= 15 is 0 Å². The zero-order valence-electron chi connectivity index (χ0n) is 13.8. The van der Waals surface area contributed by atoms with E-state index in [4.69, 9.17) is 11.6 Å². The van der Waals surface area contributed by atoms with Crippen LogP contribution in [0.15, 0.2) is 53.6 Å². The van der Waals surface area contributed by atoms with Crippen LogP contribution in [0.2, 0.25) is 5.02 Å². The molecule has 25 heavy (non-hydrogen) atoms. The molecule has 0 atom stereocenters. The fourth-order valence-corrected chi connectivity index (χ4v) is 4.50. The maximum Gasteiger partial charge on any atom is 0.242 e. The Morgan fingerprint density at radius 2 is 1.92 bits per heavy atom. The average molecular weight is 381 g/mol. The molecule has 4 nitrogen and oxygen atoms in total. The minimum atomic E-state index is -3.73. The van der Waals surface area contributed by atoms with Gasteiger partial charge in [-0.25, -0.2) is 17.5 Å². The lowest BCUT2D eigenvalue weighted by atomic mass is 9.85. The second kappa shape index (κ2) is 6.44. The van der Waals surface area contributed by atoms with Gasteiger partial charge in [0.2, 0.25) is 10.0 Å². The van der Waals surface area contributed by atoms with E-state index < -0.39 is 15.4 Å². The fraction of sp³-hybridized carbons (Fsp3) is 0.222. The number of hydrogen-bond donors (Lipinski definition) is 2. The van der Waals surface area contributed by atoms with Crippen LogP contribution in [0.1, 0.15) is 19.4 Å². The first kappa shape index (κ1) is 17.9. The van der Waals surface area contributed by atoms with E-state index in [2.05, 4.69) is 9.71 Å². The number of nitrogens with one attached hydrogen (secondary N) is 2. The predicted octanol–water partition coefficient (Wildman–Crippen LogP) is 4.22. The number of hydrogen-bond acceptors (Lipinski definition) is 2. The van der Waals surface area contributed by atoms with Crippen LogP contribution in [0.5, 0.6) is 0 Å². The lowest BCUT2D eigenvalue weighted by Crippen LogP contribution is -2.36. The molecule has 0 aliphatic rings. The van der Waals surface area contributed by atoms with Gasteiger partial charge in [0.25, 0.3) is 0 Å². The van der Waals surface area contributed by atoms with Crippen molar-refractivity contribution in [3.63, 3.8) is 0 Å². The van der Waals surface area contributed by atoms with Crippen LogP contribution in [-0.2, 0) is 15.4 Å². The SMILES string of the molecule is CC(C)(CNS(=O)(=O)c1ccccc1Cl)c1c[nH]c2cc(F)ccc12. The third kappa shape index (κ3) is 3.56. The van der Waals surface area contributed by atoms with Crippen molar-refractivity contribution in [2.24, 2.45) is 0 Å². The highest BCUT2D eigenvalue weighted by molar-refractivity contribution is 7.89. The van der Waals surface area contributed by atoms with Gasteiger partial charge in [-0.1, -0.05) is 37.6 Å². The van der Waals surface area contributed by atoms with Crippen molar-refractivity contribution < 1.29 is 12.8 Å². The van der Waals surface area contributed by atoms with E-state index in [1.165, 1.54) is 24.3 Å². The summed E-state index contributed by atoms with van der Waals surface area (Å²) >= 11 is 5.99. The third-order valence-electron chi connectivity index (χ3n) is 4.20. The zero-order valence-corrected chi connectivity index (χ0v) is 15.4. The van der Waals surface area contributed by atoms with Crippen molar-refractivity contribution >= 4 is 32.5 Å². The van der Waals surface area contributed by atoms with Crippen LogP contribution in [0, 0.1) is 5.82 Å². The number of benzene rings is 2. The molecule has 0 amide bonds. The molecule has 1 heterocycles. The molecule has 3 rings (SSSR count). The molecule has 0 bridgehead atoms. The van der Waals surface area contributed by atoms with Crippen LogP contribution in [0.25, 0.3) is 10.9 Å². The molecule has 0 radical (unpaired) electrons. The fourth-order valence-electron chi connectivity index (χ4n) is 2.77. The monoisotopic (exact) mass is 380 g/mol. The van der Waals surface area contributed by atoms with Gasteiger partial charge in [-0.2, -0.15) is 0 Å². The first-order valence-electron chi connectivity index (χ1n) is 7.72. The van der Waals surface area contributed by atoms with E-state index in [-0.39, 0.29) is 22.3 Å². The summed E-state index contributed by atoms with van der Waals surface area (Å²) in [5.74, 6) is -0.321. The number of fused-ring (bicyclic) bond motifs is 1. The minimum Gasteiger partial charge on any atom is -0.361 e. The number of sulfonamides is 1. The molecule has 0 saturated heterocycles. The lowest BCUT2D eigenvalue weighted by Gasteiger charge is -2.25. The summed E-state index contributed by atoms with van der Waals surface area (Å²) in [6, 6.07) is 10.8.